The normalized spacial score (nSPS) is 22.2. The quantitative estimate of drug-likeness (QED) is 0.312. The van der Waals surface area contributed by atoms with Gasteiger partial charge in [0.2, 0.25) is 17.6 Å². The molecular weight excluding hydrogens is 683 g/mol. The molecule has 2 saturated heterocycles. The summed E-state index contributed by atoms with van der Waals surface area (Å²) in [6, 6.07) is 2.65. The number of amides is 2. The molecule has 2 N–H and O–H groups in total. The first kappa shape index (κ1) is 32.4. The summed E-state index contributed by atoms with van der Waals surface area (Å²) in [6.45, 7) is 4.82. The predicted octanol–water partition coefficient (Wildman–Crippen LogP) is 3.68. The van der Waals surface area contributed by atoms with Gasteiger partial charge in [-0.05, 0) is 63.1 Å². The van der Waals surface area contributed by atoms with Gasteiger partial charge >= 0.3 is 6.18 Å². The Morgan fingerprint density at radius 1 is 1.16 bits per heavy atom. The van der Waals surface area contributed by atoms with Gasteiger partial charge < -0.3 is 29.5 Å². The number of halogens is 4. The van der Waals surface area contributed by atoms with E-state index in [1.54, 1.807) is 18.4 Å². The molecule has 0 bridgehead atoms. The maximum absolute atomic E-state index is 14.4. The van der Waals surface area contributed by atoms with Crippen LogP contribution in [0, 0.1) is 18.8 Å². The molecule has 14 nitrogen and oxygen atoms in total. The van der Waals surface area contributed by atoms with Crippen molar-refractivity contribution >= 4 is 40.8 Å². The molecule has 1 saturated carbocycles. The first-order valence-corrected chi connectivity index (χ1v) is 16.5. The molecule has 2 unspecified atom stereocenters. The lowest BCUT2D eigenvalue weighted by Crippen LogP contribution is -2.47. The van der Waals surface area contributed by atoms with Crippen LogP contribution in [0.5, 0.6) is 5.75 Å². The van der Waals surface area contributed by atoms with Crippen LogP contribution in [0.25, 0.3) is 5.78 Å². The summed E-state index contributed by atoms with van der Waals surface area (Å²) >= 11 is 6.13. The van der Waals surface area contributed by atoms with Crippen molar-refractivity contribution in [3.8, 4) is 5.75 Å². The summed E-state index contributed by atoms with van der Waals surface area (Å²) in [7, 11) is 0. The molecule has 4 aromatic rings. The highest BCUT2D eigenvalue weighted by molar-refractivity contribution is 6.33. The van der Waals surface area contributed by atoms with Crippen molar-refractivity contribution in [1.29, 1.82) is 0 Å². The Morgan fingerprint density at radius 2 is 1.88 bits per heavy atom. The summed E-state index contributed by atoms with van der Waals surface area (Å²) in [5, 5.41) is 17.3. The van der Waals surface area contributed by atoms with Gasteiger partial charge in [0.05, 0.1) is 39.3 Å². The number of aryl methyl sites for hydroxylation is 1. The molecule has 3 fully saturated rings. The minimum Gasteiger partial charge on any atom is -0.504 e. The number of hydrogen-bond acceptors (Lipinski definition) is 10. The zero-order valence-corrected chi connectivity index (χ0v) is 27.6. The molecule has 1 aliphatic carbocycles. The number of piperidine rings is 2. The SMILES string of the molecule is Cc1ncnc(C(=O)N2CCC3(CC2)O[C@H](C)c2c3c(=O)n3nc(N4CC5CC5C4)nc3n2CC(=O)Nc2ccc(C(F)(F)F)cc2Cl)c1O. The van der Waals surface area contributed by atoms with Gasteiger partial charge in [0.25, 0.3) is 11.5 Å². The molecular formula is C32H31ClF3N9O5. The highest BCUT2D eigenvalue weighted by Gasteiger charge is 2.51. The third-order valence-corrected chi connectivity index (χ3v) is 10.5. The van der Waals surface area contributed by atoms with E-state index in [2.05, 4.69) is 20.4 Å². The second-order valence-electron chi connectivity index (χ2n) is 13.4. The average molecular weight is 714 g/mol. The van der Waals surface area contributed by atoms with Crippen molar-refractivity contribution in [2.45, 2.75) is 57.5 Å². The summed E-state index contributed by atoms with van der Waals surface area (Å²) in [5.41, 5.74) is -1.68. The molecule has 262 valence electrons. The van der Waals surface area contributed by atoms with E-state index >= 15 is 0 Å². The number of fused-ring (bicyclic) bond motifs is 4. The number of aromatic hydroxyl groups is 1. The highest BCUT2D eigenvalue weighted by atomic mass is 35.5. The van der Waals surface area contributed by atoms with E-state index in [0.717, 1.165) is 37.7 Å². The molecule has 3 atom stereocenters. The van der Waals surface area contributed by atoms with Gasteiger partial charge in [-0.2, -0.15) is 22.7 Å². The highest BCUT2D eigenvalue weighted by Crippen LogP contribution is 2.49. The predicted molar refractivity (Wildman–Crippen MR) is 171 cm³/mol. The third kappa shape index (κ3) is 5.25. The van der Waals surface area contributed by atoms with Crippen molar-refractivity contribution in [3.63, 3.8) is 0 Å². The topological polar surface area (TPSA) is 160 Å². The molecule has 0 radical (unpaired) electrons. The van der Waals surface area contributed by atoms with Crippen LogP contribution in [0.2, 0.25) is 5.02 Å². The Labute approximate surface area is 286 Å². The van der Waals surface area contributed by atoms with Gasteiger partial charge in [0, 0.05) is 26.2 Å². The molecule has 6 heterocycles. The fraction of sp³-hybridized carbons (Fsp3) is 0.469. The molecule has 1 spiro atoms. The minimum absolute atomic E-state index is 0.0143. The number of alkyl halides is 3. The molecule has 2 amide bonds. The largest absolute Gasteiger partial charge is 0.504 e. The van der Waals surface area contributed by atoms with E-state index in [4.69, 9.17) is 21.3 Å². The van der Waals surface area contributed by atoms with Crippen molar-refractivity contribution in [2.75, 3.05) is 36.4 Å². The number of carbonyl (C=O) groups is 2. The average Bonchev–Trinajstić information content (AvgIpc) is 3.36. The number of rotatable bonds is 5. The number of aromatic nitrogens is 6. The fourth-order valence-corrected chi connectivity index (χ4v) is 7.78. The fourth-order valence-electron chi connectivity index (χ4n) is 7.56. The number of ether oxygens (including phenoxy) is 1. The van der Waals surface area contributed by atoms with E-state index in [1.807, 2.05) is 4.90 Å². The zero-order chi connectivity index (χ0) is 35.3. The van der Waals surface area contributed by atoms with E-state index < -0.39 is 40.8 Å². The lowest BCUT2D eigenvalue weighted by atomic mass is 9.85. The summed E-state index contributed by atoms with van der Waals surface area (Å²) < 4.78 is 48.9. The Hall–Kier alpha value is -4.77. The molecule has 1 aromatic carbocycles. The van der Waals surface area contributed by atoms with Crippen LogP contribution in [0.15, 0.2) is 29.3 Å². The molecule has 18 heteroatoms. The van der Waals surface area contributed by atoms with Gasteiger partial charge in [-0.25, -0.2) is 9.97 Å². The summed E-state index contributed by atoms with van der Waals surface area (Å²) in [4.78, 5) is 57.4. The van der Waals surface area contributed by atoms with Gasteiger partial charge in [-0.3, -0.25) is 14.4 Å². The van der Waals surface area contributed by atoms with E-state index in [1.165, 1.54) is 15.7 Å². The first-order chi connectivity index (χ1) is 23.7. The maximum Gasteiger partial charge on any atom is 0.416 e. The number of nitrogens with zero attached hydrogens (tertiary/aromatic N) is 8. The van der Waals surface area contributed by atoms with Crippen LogP contribution >= 0.6 is 11.6 Å². The van der Waals surface area contributed by atoms with Crippen LogP contribution < -0.4 is 15.8 Å². The van der Waals surface area contributed by atoms with Gasteiger partial charge in [-0.15, -0.1) is 5.10 Å². The molecule has 3 aliphatic heterocycles. The number of hydrogen-bond donors (Lipinski definition) is 2. The maximum atomic E-state index is 14.4. The van der Waals surface area contributed by atoms with Crippen molar-refractivity contribution in [2.24, 2.45) is 11.8 Å². The molecule has 4 aliphatic rings. The zero-order valence-electron chi connectivity index (χ0n) is 26.9. The van der Waals surface area contributed by atoms with Crippen molar-refractivity contribution < 1.29 is 32.6 Å². The smallest absolute Gasteiger partial charge is 0.416 e. The van der Waals surface area contributed by atoms with Crippen molar-refractivity contribution in [3.05, 3.63) is 68.1 Å². The van der Waals surface area contributed by atoms with Gasteiger partial charge in [-0.1, -0.05) is 11.6 Å². The van der Waals surface area contributed by atoms with Crippen molar-refractivity contribution in [1.82, 2.24) is 34.0 Å². The first-order valence-electron chi connectivity index (χ1n) is 16.2. The second kappa shape index (κ2) is 11.4. The number of likely N-dealkylation sites (tertiary alicyclic amines) is 1. The van der Waals surface area contributed by atoms with Crippen LogP contribution in [-0.2, 0) is 27.9 Å². The van der Waals surface area contributed by atoms with E-state index in [9.17, 15) is 32.7 Å². The molecule has 8 rings (SSSR count). The standard InChI is InChI=1S/C32H31ClF3N9O5/c1-15-26(47)24(38-14-37-15)28(49)42-7-5-31(6-8-42)23-25(16(2)50-31)44(13-22(46)39-21-4-3-19(10-20(21)33)32(34,35)36)30-40-29(41-45(30)27(23)48)43-11-17-9-18(17)12-43/h3-4,10,14,16-18,47H,5-9,11-13H2,1-2H3,(H,39,46)/t16-,17?,18?/m1/s1. The number of carbonyl (C=O) groups excluding carboxylic acids is 2. The van der Waals surface area contributed by atoms with Crippen LogP contribution in [0.4, 0.5) is 24.8 Å². The minimum atomic E-state index is -4.61. The molecule has 3 aromatic heterocycles. The third-order valence-electron chi connectivity index (χ3n) is 10.2. The number of anilines is 2. The Bertz CT molecular complexity index is 2140. The van der Waals surface area contributed by atoms with Crippen LogP contribution in [0.3, 0.4) is 0 Å². The lowest BCUT2D eigenvalue weighted by Gasteiger charge is -2.39. The Balaban J connectivity index is 1.15. The van der Waals surface area contributed by atoms with Gasteiger partial charge in [0.15, 0.2) is 11.4 Å². The lowest BCUT2D eigenvalue weighted by molar-refractivity contribution is -0.137. The number of benzene rings is 1. The summed E-state index contributed by atoms with van der Waals surface area (Å²) in [6.07, 6.45) is -2.48. The Kier molecular flexibility index (Phi) is 7.38. The van der Waals surface area contributed by atoms with Crippen LogP contribution in [-0.4, -0.2) is 77.1 Å². The van der Waals surface area contributed by atoms with E-state index in [0.29, 0.717) is 29.0 Å². The molecule has 50 heavy (non-hydrogen) atoms. The Morgan fingerprint density at radius 3 is 2.56 bits per heavy atom. The monoisotopic (exact) mass is 713 g/mol. The van der Waals surface area contributed by atoms with Gasteiger partial charge in [0.1, 0.15) is 18.5 Å². The second-order valence-corrected chi connectivity index (χ2v) is 13.8. The number of nitrogens with one attached hydrogen (secondary N) is 1. The summed E-state index contributed by atoms with van der Waals surface area (Å²) in [5.74, 6) is 0.191. The van der Waals surface area contributed by atoms with Crippen LogP contribution in [0.1, 0.15) is 65.3 Å². The van der Waals surface area contributed by atoms with E-state index in [-0.39, 0.29) is 66.1 Å².